The van der Waals surface area contributed by atoms with Crippen molar-refractivity contribution in [2.75, 3.05) is 10.2 Å². The Morgan fingerprint density at radius 3 is 2.26 bits per heavy atom. The van der Waals surface area contributed by atoms with Crippen LogP contribution in [0, 0.1) is 12.8 Å². The maximum atomic E-state index is 13.9. The van der Waals surface area contributed by atoms with Gasteiger partial charge < -0.3 is 5.32 Å². The minimum Gasteiger partial charge on any atom is -0.325 e. The number of para-hydroxylation sites is 1. The Hall–Kier alpha value is -4.16. The maximum Gasteiger partial charge on any atom is 0.418 e. The number of amides is 3. The molecule has 0 aliphatic carbocycles. The number of aryl methyl sites for hydroxylation is 1. The zero-order valence-electron chi connectivity index (χ0n) is 21.9. The predicted octanol–water partition coefficient (Wildman–Crippen LogP) is 5.67. The molecular weight excluding hydrogens is 587 g/mol. The summed E-state index contributed by atoms with van der Waals surface area (Å²) in [4.78, 5) is 54.5. The van der Waals surface area contributed by atoms with Gasteiger partial charge in [0.2, 0.25) is 17.7 Å². The number of halogens is 3. The Balaban J connectivity index is 1.41. The third kappa shape index (κ3) is 4.84. The molecule has 0 spiro atoms. The van der Waals surface area contributed by atoms with Gasteiger partial charge in [-0.15, -0.1) is 0 Å². The first kappa shape index (κ1) is 28.0. The number of rotatable bonds is 5. The van der Waals surface area contributed by atoms with E-state index < -0.39 is 57.1 Å². The third-order valence-electron chi connectivity index (χ3n) is 7.30. The van der Waals surface area contributed by atoms with Gasteiger partial charge in [0, 0.05) is 16.5 Å². The van der Waals surface area contributed by atoms with Gasteiger partial charge in [0.15, 0.2) is 0 Å². The van der Waals surface area contributed by atoms with E-state index in [1.165, 1.54) is 16.7 Å². The van der Waals surface area contributed by atoms with E-state index in [4.69, 9.17) is 0 Å². The van der Waals surface area contributed by atoms with Crippen molar-refractivity contribution < 1.29 is 27.6 Å². The van der Waals surface area contributed by atoms with Crippen LogP contribution in [0.5, 0.6) is 0 Å². The second-order valence-corrected chi connectivity index (χ2v) is 12.1. The summed E-state index contributed by atoms with van der Waals surface area (Å²) in [6, 6.07) is 20.4. The number of thioether (sulfide) groups is 1. The highest BCUT2D eigenvalue weighted by molar-refractivity contribution is 8.00. The van der Waals surface area contributed by atoms with Gasteiger partial charge in [0.05, 0.1) is 22.2 Å². The van der Waals surface area contributed by atoms with Gasteiger partial charge in [-0.3, -0.25) is 23.7 Å². The van der Waals surface area contributed by atoms with Crippen molar-refractivity contribution in [1.29, 1.82) is 0 Å². The topological polar surface area (TPSA) is 88.5 Å². The number of anilines is 2. The molecule has 3 atom stereocenters. The van der Waals surface area contributed by atoms with Crippen LogP contribution in [-0.4, -0.2) is 27.5 Å². The van der Waals surface area contributed by atoms with E-state index in [0.717, 1.165) is 40.8 Å². The lowest BCUT2D eigenvalue weighted by atomic mass is 9.83. The molecule has 2 aliphatic rings. The summed E-state index contributed by atoms with van der Waals surface area (Å²) in [5.74, 6) is -3.85. The molecular formula is C30H22F3N3O4S2. The molecule has 0 radical (unpaired) electrons. The molecule has 42 heavy (non-hydrogen) atoms. The highest BCUT2D eigenvalue weighted by Gasteiger charge is 2.57. The number of aromatic nitrogens is 1. The predicted molar refractivity (Wildman–Crippen MR) is 154 cm³/mol. The molecule has 1 saturated heterocycles. The van der Waals surface area contributed by atoms with Gasteiger partial charge in [-0.25, -0.2) is 4.90 Å². The van der Waals surface area contributed by atoms with E-state index in [1.807, 2.05) is 19.1 Å². The van der Waals surface area contributed by atoms with Crippen molar-refractivity contribution in [1.82, 2.24) is 4.57 Å². The molecule has 3 amide bonds. The number of hydrogen-bond acceptors (Lipinski definition) is 6. The number of fused-ring (bicyclic) bond motifs is 2. The zero-order valence-corrected chi connectivity index (χ0v) is 23.6. The van der Waals surface area contributed by atoms with Crippen molar-refractivity contribution in [3.05, 3.63) is 110 Å². The van der Waals surface area contributed by atoms with E-state index in [0.29, 0.717) is 26.1 Å². The van der Waals surface area contributed by atoms with E-state index in [1.54, 1.807) is 42.5 Å². The van der Waals surface area contributed by atoms with E-state index in [-0.39, 0.29) is 6.54 Å². The lowest BCUT2D eigenvalue weighted by molar-refractivity contribution is -0.137. The van der Waals surface area contributed by atoms with Crippen LogP contribution < -0.4 is 15.1 Å². The van der Waals surface area contributed by atoms with Crippen LogP contribution in [0.25, 0.3) is 0 Å². The van der Waals surface area contributed by atoms with Crippen molar-refractivity contribution in [2.24, 2.45) is 5.92 Å². The fourth-order valence-corrected chi connectivity index (χ4v) is 8.17. The minimum absolute atomic E-state index is 0.340. The van der Waals surface area contributed by atoms with Crippen LogP contribution in [0.1, 0.15) is 27.5 Å². The lowest BCUT2D eigenvalue weighted by Gasteiger charge is -2.30. The number of carbonyl (C=O) groups is 3. The van der Waals surface area contributed by atoms with Gasteiger partial charge in [-0.2, -0.15) is 13.2 Å². The van der Waals surface area contributed by atoms with Crippen molar-refractivity contribution >= 4 is 52.2 Å². The lowest BCUT2D eigenvalue weighted by Crippen LogP contribution is -2.33. The molecule has 6 rings (SSSR count). The highest BCUT2D eigenvalue weighted by Crippen LogP contribution is 2.54. The molecule has 0 saturated carbocycles. The average molecular weight is 610 g/mol. The summed E-state index contributed by atoms with van der Waals surface area (Å²) in [6.45, 7) is 1.57. The molecule has 0 bridgehead atoms. The normalized spacial score (nSPS) is 19.9. The summed E-state index contributed by atoms with van der Waals surface area (Å²) in [6.07, 6.45) is -4.79. The summed E-state index contributed by atoms with van der Waals surface area (Å²) in [5.41, 5.74) is 0.578. The van der Waals surface area contributed by atoms with Crippen molar-refractivity contribution in [3.8, 4) is 0 Å². The van der Waals surface area contributed by atoms with Crippen LogP contribution in [0.15, 0.2) is 88.7 Å². The average Bonchev–Trinajstić information content (AvgIpc) is 3.40. The number of alkyl halides is 3. The first-order valence-corrected chi connectivity index (χ1v) is 14.6. The number of nitrogens with zero attached hydrogens (tertiary/aromatic N) is 2. The number of carbonyl (C=O) groups excluding carboxylic acids is 3. The molecule has 7 nitrogen and oxygen atoms in total. The highest BCUT2D eigenvalue weighted by atomic mass is 32.2. The van der Waals surface area contributed by atoms with Crippen LogP contribution >= 0.6 is 23.1 Å². The standard InChI is InChI=1S/C30H22F3N3O4S2/c1-16-11-13-18(14-12-16)34-21(37)15-35-28-25(42-29(35)40)22(17-7-3-2-4-8-17)23-24(41-28)27(39)36(26(23)38)20-10-6-5-9-19(20)30(31,32)33/h2-14,22-24H,15H2,1H3,(H,34,37)/t22-,23?,24?/m1/s1. The van der Waals surface area contributed by atoms with Crippen LogP contribution in [0.2, 0.25) is 0 Å². The first-order chi connectivity index (χ1) is 20.0. The Labute approximate surface area is 246 Å². The van der Waals surface area contributed by atoms with Gasteiger partial charge in [-0.05, 0) is 36.8 Å². The van der Waals surface area contributed by atoms with E-state index in [2.05, 4.69) is 5.32 Å². The molecule has 2 unspecified atom stereocenters. The van der Waals surface area contributed by atoms with Gasteiger partial charge >= 0.3 is 11.0 Å². The minimum atomic E-state index is -4.79. The zero-order chi connectivity index (χ0) is 29.8. The summed E-state index contributed by atoms with van der Waals surface area (Å²) in [7, 11) is 0. The molecule has 1 fully saturated rings. The van der Waals surface area contributed by atoms with Crippen molar-refractivity contribution in [3.63, 3.8) is 0 Å². The third-order valence-corrected chi connectivity index (χ3v) is 9.90. The quantitative estimate of drug-likeness (QED) is 0.295. The Morgan fingerprint density at radius 2 is 1.57 bits per heavy atom. The SMILES string of the molecule is Cc1ccc(NC(=O)Cn2c3c(sc2=O)[C@H](c2ccccc2)C2C(=O)N(c4ccccc4C(F)(F)F)C(=O)C2S3)cc1. The van der Waals surface area contributed by atoms with Crippen molar-refractivity contribution in [2.45, 2.75) is 35.8 Å². The summed E-state index contributed by atoms with van der Waals surface area (Å²) >= 11 is 1.82. The number of imide groups is 1. The van der Waals surface area contributed by atoms with Crippen LogP contribution in [-0.2, 0) is 27.1 Å². The first-order valence-electron chi connectivity index (χ1n) is 12.9. The Kier molecular flexibility index (Phi) is 7.06. The number of thiazole rings is 1. The second kappa shape index (κ2) is 10.6. The Morgan fingerprint density at radius 1 is 0.905 bits per heavy atom. The molecule has 2 aliphatic heterocycles. The Bertz CT molecular complexity index is 1770. The maximum absolute atomic E-state index is 13.9. The molecule has 1 aromatic heterocycles. The number of benzene rings is 3. The molecule has 3 aromatic carbocycles. The van der Waals surface area contributed by atoms with Gasteiger partial charge in [0.1, 0.15) is 11.8 Å². The summed E-state index contributed by atoms with van der Waals surface area (Å²) < 4.78 is 43.0. The molecule has 3 heterocycles. The monoisotopic (exact) mass is 609 g/mol. The second-order valence-electron chi connectivity index (χ2n) is 10.0. The molecule has 1 N–H and O–H groups in total. The van der Waals surface area contributed by atoms with E-state index >= 15 is 0 Å². The molecule has 4 aromatic rings. The molecule has 214 valence electrons. The van der Waals surface area contributed by atoms with Gasteiger partial charge in [0.25, 0.3) is 0 Å². The fraction of sp³-hybridized carbons (Fsp3) is 0.200. The smallest absolute Gasteiger partial charge is 0.325 e. The fourth-order valence-electron chi connectivity index (χ4n) is 5.40. The number of nitrogens with one attached hydrogen (secondary N) is 1. The largest absolute Gasteiger partial charge is 0.418 e. The van der Waals surface area contributed by atoms with E-state index in [9.17, 15) is 32.3 Å². The van der Waals surface area contributed by atoms with Crippen LogP contribution in [0.3, 0.4) is 0 Å². The molecule has 12 heteroatoms. The van der Waals surface area contributed by atoms with Crippen LogP contribution in [0.4, 0.5) is 24.5 Å². The number of hydrogen-bond donors (Lipinski definition) is 1. The van der Waals surface area contributed by atoms with Gasteiger partial charge in [-0.1, -0.05) is 83.3 Å². The summed E-state index contributed by atoms with van der Waals surface area (Å²) in [5, 5.41) is 2.01.